The SMILES string of the molecule is C[C@]1(F)C[C@H]2[C@@H]3CC[C@](O)(C(=O)CO)[C@@]3(C)C[C@H](O)[C@]2(F)[C@@]2(C)C=CC(=O)C=C12. The van der Waals surface area contributed by atoms with Gasteiger partial charge in [0, 0.05) is 16.7 Å². The fourth-order valence-electron chi connectivity index (χ4n) is 7.17. The summed E-state index contributed by atoms with van der Waals surface area (Å²) in [5, 5.41) is 31.6. The summed E-state index contributed by atoms with van der Waals surface area (Å²) < 4.78 is 32.7. The van der Waals surface area contributed by atoms with Gasteiger partial charge in [-0.3, -0.25) is 9.59 Å². The van der Waals surface area contributed by atoms with Crippen molar-refractivity contribution >= 4 is 11.6 Å². The van der Waals surface area contributed by atoms with Crippen LogP contribution in [0.1, 0.15) is 46.5 Å². The lowest BCUT2D eigenvalue weighted by Gasteiger charge is -2.64. The number of hydrogen-bond acceptors (Lipinski definition) is 5. The molecule has 0 unspecified atom stereocenters. The van der Waals surface area contributed by atoms with Crippen molar-refractivity contribution in [2.24, 2.45) is 22.7 Å². The van der Waals surface area contributed by atoms with E-state index in [0.29, 0.717) is 0 Å². The molecule has 0 aromatic rings. The second-order valence-corrected chi connectivity index (χ2v) is 10.00. The van der Waals surface area contributed by atoms with Gasteiger partial charge in [-0.15, -0.1) is 0 Å². The van der Waals surface area contributed by atoms with E-state index in [4.69, 9.17) is 0 Å². The van der Waals surface area contributed by atoms with Crippen LogP contribution in [0.2, 0.25) is 0 Å². The highest BCUT2D eigenvalue weighted by Gasteiger charge is 2.76. The Morgan fingerprint density at radius 2 is 1.86 bits per heavy atom. The molecule has 0 saturated heterocycles. The van der Waals surface area contributed by atoms with Crippen molar-refractivity contribution in [1.82, 2.24) is 0 Å². The van der Waals surface area contributed by atoms with E-state index in [9.17, 15) is 24.9 Å². The lowest BCUT2D eigenvalue weighted by molar-refractivity contribution is -0.227. The molecule has 0 aromatic heterocycles. The molecule has 5 nitrogen and oxygen atoms in total. The molecule has 0 radical (unpaired) electrons. The van der Waals surface area contributed by atoms with E-state index < -0.39 is 63.9 Å². The number of carbonyl (C=O) groups is 2. The molecule has 160 valence electrons. The molecule has 3 saturated carbocycles. The molecule has 0 aliphatic heterocycles. The second-order valence-electron chi connectivity index (χ2n) is 10.00. The topological polar surface area (TPSA) is 94.8 Å². The minimum absolute atomic E-state index is 0.0265. The number of fused-ring (bicyclic) bond motifs is 5. The van der Waals surface area contributed by atoms with Gasteiger partial charge >= 0.3 is 0 Å². The highest BCUT2D eigenvalue weighted by Crippen LogP contribution is 2.71. The Morgan fingerprint density at radius 1 is 1.21 bits per heavy atom. The first kappa shape index (κ1) is 20.8. The normalized spacial score (nSPS) is 53.7. The van der Waals surface area contributed by atoms with Crippen LogP contribution in [-0.2, 0) is 9.59 Å². The molecule has 0 amide bonds. The smallest absolute Gasteiger partial charge is 0.190 e. The van der Waals surface area contributed by atoms with Crippen LogP contribution in [-0.4, -0.2) is 56.5 Å². The zero-order valence-electron chi connectivity index (χ0n) is 16.9. The number of Topliss-reactive ketones (excluding diaryl/α,β-unsaturated/α-hetero) is 1. The van der Waals surface area contributed by atoms with Crippen molar-refractivity contribution in [1.29, 1.82) is 0 Å². The Hall–Kier alpha value is -1.44. The maximum atomic E-state index is 16.9. The molecular formula is C22H28F2O5. The second kappa shape index (κ2) is 5.83. The van der Waals surface area contributed by atoms with Crippen molar-refractivity contribution in [2.45, 2.75) is 69.5 Å². The summed E-state index contributed by atoms with van der Waals surface area (Å²) in [5.41, 5.74) is -8.80. The van der Waals surface area contributed by atoms with Crippen LogP contribution in [0.25, 0.3) is 0 Å². The van der Waals surface area contributed by atoms with Gasteiger partial charge in [0.1, 0.15) is 17.9 Å². The van der Waals surface area contributed by atoms with Crippen LogP contribution < -0.4 is 0 Å². The number of rotatable bonds is 2. The molecule has 0 heterocycles. The highest BCUT2D eigenvalue weighted by molar-refractivity contribution is 6.01. The van der Waals surface area contributed by atoms with Crippen LogP contribution in [0.5, 0.6) is 0 Å². The summed E-state index contributed by atoms with van der Waals surface area (Å²) in [5.74, 6) is -2.69. The summed E-state index contributed by atoms with van der Waals surface area (Å²) in [6.45, 7) is 3.61. The maximum Gasteiger partial charge on any atom is 0.190 e. The molecule has 4 rings (SSSR count). The maximum absolute atomic E-state index is 16.9. The average molecular weight is 410 g/mol. The molecule has 3 N–H and O–H groups in total. The molecule has 29 heavy (non-hydrogen) atoms. The van der Waals surface area contributed by atoms with Crippen LogP contribution in [0.4, 0.5) is 8.78 Å². The molecule has 4 aliphatic rings. The number of allylic oxidation sites excluding steroid dienone is 4. The number of alkyl halides is 2. The molecule has 4 aliphatic carbocycles. The number of hydrogen-bond donors (Lipinski definition) is 3. The first-order valence-electron chi connectivity index (χ1n) is 10.2. The number of aliphatic hydroxyl groups is 3. The van der Waals surface area contributed by atoms with E-state index in [1.165, 1.54) is 26.0 Å². The van der Waals surface area contributed by atoms with Crippen LogP contribution in [0.3, 0.4) is 0 Å². The fourth-order valence-corrected chi connectivity index (χ4v) is 7.17. The van der Waals surface area contributed by atoms with Gasteiger partial charge in [0.05, 0.1) is 6.10 Å². The first-order valence-corrected chi connectivity index (χ1v) is 10.2. The molecule has 8 atom stereocenters. The van der Waals surface area contributed by atoms with Crippen LogP contribution >= 0.6 is 0 Å². The third-order valence-electron chi connectivity index (χ3n) is 8.70. The Morgan fingerprint density at radius 3 is 2.48 bits per heavy atom. The third-order valence-corrected chi connectivity index (χ3v) is 8.70. The van der Waals surface area contributed by atoms with Crippen molar-refractivity contribution in [3.8, 4) is 0 Å². The lowest BCUT2D eigenvalue weighted by atomic mass is 9.43. The van der Waals surface area contributed by atoms with Gasteiger partial charge in [0.25, 0.3) is 0 Å². The fraction of sp³-hybridized carbons (Fsp3) is 0.727. The molecular weight excluding hydrogens is 382 g/mol. The molecule has 0 bridgehead atoms. The standard InChI is InChI=1S/C22H28F2O5/c1-18-6-4-12(26)8-15(18)20(3,23)9-14-13-5-7-21(29,17(28)11-25)19(13,2)10-16(27)22(14,18)24/h4,6,8,13-14,16,25,27,29H,5,7,9-11H2,1-3H3/t13-,14-,16-,18-,19-,20-,21-,22-/m0/s1. The van der Waals surface area contributed by atoms with Crippen molar-refractivity contribution < 1.29 is 33.7 Å². The molecule has 0 aromatic carbocycles. The number of ketones is 2. The van der Waals surface area contributed by atoms with E-state index in [1.54, 1.807) is 6.92 Å². The van der Waals surface area contributed by atoms with Crippen molar-refractivity contribution in [3.63, 3.8) is 0 Å². The van der Waals surface area contributed by atoms with Gasteiger partial charge in [-0.2, -0.15) is 0 Å². The molecule has 0 spiro atoms. The Labute approximate surface area is 168 Å². The number of carbonyl (C=O) groups excluding carboxylic acids is 2. The minimum Gasteiger partial charge on any atom is -0.390 e. The summed E-state index contributed by atoms with van der Waals surface area (Å²) in [7, 11) is 0. The predicted octanol–water partition coefficient (Wildman–Crippen LogP) is 1.99. The summed E-state index contributed by atoms with van der Waals surface area (Å²) in [6, 6.07) is 0. The number of aliphatic hydroxyl groups excluding tert-OH is 2. The Kier molecular flexibility index (Phi) is 4.18. The van der Waals surface area contributed by atoms with Gasteiger partial charge < -0.3 is 15.3 Å². The van der Waals surface area contributed by atoms with Crippen molar-refractivity contribution in [3.05, 3.63) is 23.8 Å². The largest absolute Gasteiger partial charge is 0.390 e. The van der Waals surface area contributed by atoms with Gasteiger partial charge in [0.2, 0.25) is 0 Å². The summed E-state index contributed by atoms with van der Waals surface area (Å²) in [6.07, 6.45) is 2.00. The van der Waals surface area contributed by atoms with Gasteiger partial charge in [-0.05, 0) is 63.2 Å². The first-order chi connectivity index (χ1) is 13.3. The predicted molar refractivity (Wildman–Crippen MR) is 100 cm³/mol. The van der Waals surface area contributed by atoms with Gasteiger partial charge in [0.15, 0.2) is 17.2 Å². The monoisotopic (exact) mass is 410 g/mol. The van der Waals surface area contributed by atoms with E-state index in [2.05, 4.69) is 0 Å². The quantitative estimate of drug-likeness (QED) is 0.647. The summed E-state index contributed by atoms with van der Waals surface area (Å²) in [4.78, 5) is 24.3. The third kappa shape index (κ3) is 2.24. The zero-order valence-corrected chi connectivity index (χ0v) is 16.9. The van der Waals surface area contributed by atoms with E-state index >= 15 is 8.78 Å². The van der Waals surface area contributed by atoms with Gasteiger partial charge in [-0.25, -0.2) is 8.78 Å². The highest BCUT2D eigenvalue weighted by atomic mass is 19.1. The van der Waals surface area contributed by atoms with Crippen LogP contribution in [0, 0.1) is 22.7 Å². The van der Waals surface area contributed by atoms with E-state index in [0.717, 1.165) is 6.08 Å². The van der Waals surface area contributed by atoms with Crippen LogP contribution in [0.15, 0.2) is 23.8 Å². The van der Waals surface area contributed by atoms with E-state index in [1.807, 2.05) is 0 Å². The zero-order chi connectivity index (χ0) is 21.6. The minimum atomic E-state index is -2.25. The van der Waals surface area contributed by atoms with Gasteiger partial charge in [-0.1, -0.05) is 13.0 Å². The lowest BCUT2D eigenvalue weighted by Crippen LogP contribution is -2.71. The molecule has 3 fully saturated rings. The average Bonchev–Trinajstić information content (AvgIpc) is 2.91. The van der Waals surface area contributed by atoms with E-state index in [-0.39, 0.29) is 31.3 Å². The molecule has 7 heteroatoms. The number of halogens is 2. The van der Waals surface area contributed by atoms with Crippen molar-refractivity contribution in [2.75, 3.05) is 6.61 Å². The summed E-state index contributed by atoms with van der Waals surface area (Å²) >= 11 is 0. The Balaban J connectivity index is 1.88. The Bertz CT molecular complexity index is 850.